The molecule has 3 heteroatoms. The highest BCUT2D eigenvalue weighted by Gasteiger charge is 2.07. The molecule has 0 rings (SSSR count). The molecule has 104 valence electrons. The number of hydrogen-bond donors (Lipinski definition) is 2. The second-order valence-electron chi connectivity index (χ2n) is 5.04. The van der Waals surface area contributed by atoms with Crippen molar-refractivity contribution in [3.05, 3.63) is 0 Å². The van der Waals surface area contributed by atoms with Crippen LogP contribution in [-0.4, -0.2) is 37.0 Å². The minimum atomic E-state index is 0.0788. The SMILES string of the molecule is CCCCCCCCOCC(CO)NC(C)C. The molecule has 1 atom stereocenters. The van der Waals surface area contributed by atoms with Gasteiger partial charge in [0, 0.05) is 12.6 Å². The Bertz CT molecular complexity index is 151. The molecule has 0 amide bonds. The minimum absolute atomic E-state index is 0.0788. The molecular formula is C14H31NO2. The van der Waals surface area contributed by atoms with Crippen LogP contribution in [0.2, 0.25) is 0 Å². The molecule has 0 aromatic rings. The van der Waals surface area contributed by atoms with Crippen molar-refractivity contribution in [2.24, 2.45) is 0 Å². The van der Waals surface area contributed by atoms with Crippen molar-refractivity contribution >= 4 is 0 Å². The molecule has 2 N–H and O–H groups in total. The van der Waals surface area contributed by atoms with Gasteiger partial charge in [0.15, 0.2) is 0 Å². The average Bonchev–Trinajstić information content (AvgIpc) is 2.30. The molecule has 0 saturated heterocycles. The number of unbranched alkanes of at least 4 members (excludes halogenated alkanes) is 5. The third-order valence-electron chi connectivity index (χ3n) is 2.75. The first-order chi connectivity index (χ1) is 8.20. The summed E-state index contributed by atoms with van der Waals surface area (Å²) in [6, 6.07) is 0.472. The normalized spacial score (nSPS) is 13.2. The van der Waals surface area contributed by atoms with Gasteiger partial charge >= 0.3 is 0 Å². The molecule has 3 nitrogen and oxygen atoms in total. The molecule has 0 radical (unpaired) electrons. The Morgan fingerprint density at radius 1 is 1.06 bits per heavy atom. The van der Waals surface area contributed by atoms with Gasteiger partial charge in [-0.25, -0.2) is 0 Å². The van der Waals surface area contributed by atoms with E-state index in [1.54, 1.807) is 0 Å². The Balaban J connectivity index is 3.25. The van der Waals surface area contributed by atoms with Crippen LogP contribution in [-0.2, 0) is 4.74 Å². The number of aliphatic hydroxyl groups is 1. The van der Waals surface area contributed by atoms with E-state index in [4.69, 9.17) is 9.84 Å². The predicted octanol–water partition coefficient (Wildman–Crippen LogP) is 2.72. The van der Waals surface area contributed by atoms with E-state index in [2.05, 4.69) is 26.1 Å². The van der Waals surface area contributed by atoms with E-state index < -0.39 is 0 Å². The highest BCUT2D eigenvalue weighted by atomic mass is 16.5. The van der Waals surface area contributed by atoms with Crippen molar-refractivity contribution in [3.8, 4) is 0 Å². The first kappa shape index (κ1) is 16.9. The zero-order valence-corrected chi connectivity index (χ0v) is 11.9. The van der Waals surface area contributed by atoms with Crippen molar-refractivity contribution in [2.75, 3.05) is 19.8 Å². The van der Waals surface area contributed by atoms with Gasteiger partial charge in [0.25, 0.3) is 0 Å². The summed E-state index contributed by atoms with van der Waals surface area (Å²) in [5, 5.41) is 12.4. The lowest BCUT2D eigenvalue weighted by molar-refractivity contribution is 0.0832. The summed E-state index contributed by atoms with van der Waals surface area (Å²) in [6.45, 7) is 7.98. The molecule has 0 aliphatic rings. The van der Waals surface area contributed by atoms with Gasteiger partial charge in [-0.1, -0.05) is 52.9 Å². The first-order valence-corrected chi connectivity index (χ1v) is 7.15. The van der Waals surface area contributed by atoms with Crippen LogP contribution >= 0.6 is 0 Å². The quantitative estimate of drug-likeness (QED) is 0.519. The second-order valence-corrected chi connectivity index (χ2v) is 5.04. The van der Waals surface area contributed by atoms with Crippen molar-refractivity contribution < 1.29 is 9.84 Å². The van der Waals surface area contributed by atoms with Crippen LogP contribution < -0.4 is 5.32 Å². The smallest absolute Gasteiger partial charge is 0.0642 e. The van der Waals surface area contributed by atoms with Gasteiger partial charge in [-0.2, -0.15) is 0 Å². The summed E-state index contributed by atoms with van der Waals surface area (Å²) >= 11 is 0. The molecule has 0 heterocycles. The lowest BCUT2D eigenvalue weighted by Crippen LogP contribution is -2.40. The zero-order chi connectivity index (χ0) is 12.9. The third kappa shape index (κ3) is 12.1. The van der Waals surface area contributed by atoms with Crippen LogP contribution in [0.4, 0.5) is 0 Å². The number of aliphatic hydroxyl groups excluding tert-OH is 1. The van der Waals surface area contributed by atoms with Gasteiger partial charge in [0.1, 0.15) is 0 Å². The van der Waals surface area contributed by atoms with Crippen LogP contribution in [0.1, 0.15) is 59.3 Å². The molecule has 0 saturated carbocycles. The van der Waals surface area contributed by atoms with Crippen molar-refractivity contribution in [2.45, 2.75) is 71.4 Å². The Labute approximate surface area is 107 Å². The Morgan fingerprint density at radius 2 is 1.71 bits per heavy atom. The molecule has 0 bridgehead atoms. The maximum atomic E-state index is 9.13. The van der Waals surface area contributed by atoms with E-state index in [0.29, 0.717) is 12.6 Å². The highest BCUT2D eigenvalue weighted by molar-refractivity contribution is 4.67. The number of hydrogen-bond acceptors (Lipinski definition) is 3. The molecule has 1 unspecified atom stereocenters. The summed E-state index contributed by atoms with van der Waals surface area (Å²) in [7, 11) is 0. The molecule has 0 aliphatic heterocycles. The van der Waals surface area contributed by atoms with E-state index >= 15 is 0 Å². The van der Waals surface area contributed by atoms with Gasteiger partial charge in [0.2, 0.25) is 0 Å². The van der Waals surface area contributed by atoms with E-state index in [1.165, 1.54) is 32.1 Å². The van der Waals surface area contributed by atoms with E-state index in [-0.39, 0.29) is 12.6 Å². The number of rotatable bonds is 12. The maximum Gasteiger partial charge on any atom is 0.0642 e. The fourth-order valence-corrected chi connectivity index (χ4v) is 1.83. The highest BCUT2D eigenvalue weighted by Crippen LogP contribution is 2.04. The Morgan fingerprint density at radius 3 is 2.29 bits per heavy atom. The molecular weight excluding hydrogens is 214 g/mol. The predicted molar refractivity (Wildman–Crippen MR) is 73.3 cm³/mol. The summed E-state index contributed by atoms with van der Waals surface area (Å²) in [6.07, 6.45) is 7.74. The van der Waals surface area contributed by atoms with E-state index in [0.717, 1.165) is 13.0 Å². The molecule has 17 heavy (non-hydrogen) atoms. The van der Waals surface area contributed by atoms with Gasteiger partial charge in [-0.05, 0) is 6.42 Å². The Hall–Kier alpha value is -0.120. The number of ether oxygens (including phenoxy) is 1. The Kier molecular flexibility index (Phi) is 12.3. The van der Waals surface area contributed by atoms with Gasteiger partial charge in [-0.15, -0.1) is 0 Å². The summed E-state index contributed by atoms with van der Waals surface area (Å²) in [5.74, 6) is 0. The summed E-state index contributed by atoms with van der Waals surface area (Å²) in [5.41, 5.74) is 0. The van der Waals surface area contributed by atoms with Crippen molar-refractivity contribution in [1.29, 1.82) is 0 Å². The van der Waals surface area contributed by atoms with Crippen LogP contribution in [0.5, 0.6) is 0 Å². The topological polar surface area (TPSA) is 41.5 Å². The van der Waals surface area contributed by atoms with Gasteiger partial charge in [-0.3, -0.25) is 0 Å². The summed E-state index contributed by atoms with van der Waals surface area (Å²) in [4.78, 5) is 0. The lowest BCUT2D eigenvalue weighted by atomic mass is 10.1. The minimum Gasteiger partial charge on any atom is -0.395 e. The standard InChI is InChI=1S/C14H31NO2/c1-4-5-6-7-8-9-10-17-12-14(11-16)15-13(2)3/h13-16H,4-12H2,1-3H3. The fourth-order valence-electron chi connectivity index (χ4n) is 1.83. The monoisotopic (exact) mass is 245 g/mol. The van der Waals surface area contributed by atoms with E-state index in [9.17, 15) is 0 Å². The van der Waals surface area contributed by atoms with Gasteiger partial charge in [0.05, 0.1) is 19.3 Å². The molecule has 0 aromatic heterocycles. The molecule has 0 aliphatic carbocycles. The van der Waals surface area contributed by atoms with Crippen molar-refractivity contribution in [3.63, 3.8) is 0 Å². The number of nitrogens with one attached hydrogen (secondary N) is 1. The van der Waals surface area contributed by atoms with Crippen LogP contribution in [0.25, 0.3) is 0 Å². The third-order valence-corrected chi connectivity index (χ3v) is 2.75. The van der Waals surface area contributed by atoms with Crippen LogP contribution in [0, 0.1) is 0 Å². The molecule has 0 spiro atoms. The lowest BCUT2D eigenvalue weighted by Gasteiger charge is -2.18. The first-order valence-electron chi connectivity index (χ1n) is 7.15. The average molecular weight is 245 g/mol. The van der Waals surface area contributed by atoms with Crippen molar-refractivity contribution in [1.82, 2.24) is 5.32 Å². The summed E-state index contributed by atoms with van der Waals surface area (Å²) < 4.78 is 5.57. The molecule has 0 aromatic carbocycles. The second kappa shape index (κ2) is 12.3. The van der Waals surface area contributed by atoms with Gasteiger partial charge < -0.3 is 15.2 Å². The van der Waals surface area contributed by atoms with E-state index in [1.807, 2.05) is 0 Å². The molecule has 0 fully saturated rings. The van der Waals surface area contributed by atoms with Crippen LogP contribution in [0.3, 0.4) is 0 Å². The largest absolute Gasteiger partial charge is 0.395 e. The zero-order valence-electron chi connectivity index (χ0n) is 11.9. The van der Waals surface area contributed by atoms with Crippen LogP contribution in [0.15, 0.2) is 0 Å². The maximum absolute atomic E-state index is 9.13. The fraction of sp³-hybridized carbons (Fsp3) is 1.00.